The lowest BCUT2D eigenvalue weighted by molar-refractivity contribution is -0.156. The van der Waals surface area contributed by atoms with Gasteiger partial charge >= 0.3 is 11.9 Å². The standard InChI is InChI=1S/C20H19NO5/c1-12-8-10-13(11-9-12)17-15(20(25)26-2)16(19(23)24)18(22)21(17)14-6-4-3-5-7-14/h3-11,15-17H,1-2H3,(H,23,24)/t15-,16-,17+/m1/s1. The predicted octanol–water partition coefficient (Wildman–Crippen LogP) is 2.57. The Morgan fingerprint density at radius 2 is 1.65 bits per heavy atom. The zero-order valence-corrected chi connectivity index (χ0v) is 14.5. The molecule has 0 unspecified atom stereocenters. The second kappa shape index (κ2) is 7.00. The van der Waals surface area contributed by atoms with Crippen molar-refractivity contribution < 1.29 is 24.2 Å². The maximum Gasteiger partial charge on any atom is 0.317 e. The SMILES string of the molecule is COC(=O)[C@@H]1[C@@H](C(=O)O)C(=O)N(c2ccccc2)[C@H]1c1ccc(C)cc1. The van der Waals surface area contributed by atoms with E-state index in [2.05, 4.69) is 0 Å². The summed E-state index contributed by atoms with van der Waals surface area (Å²) >= 11 is 0. The van der Waals surface area contributed by atoms with Crippen molar-refractivity contribution in [2.24, 2.45) is 11.8 Å². The topological polar surface area (TPSA) is 83.9 Å². The molecule has 2 aromatic carbocycles. The number of rotatable bonds is 4. The molecular formula is C20H19NO5. The van der Waals surface area contributed by atoms with Crippen LogP contribution in [0.5, 0.6) is 0 Å². The number of ether oxygens (including phenoxy) is 1. The predicted molar refractivity (Wildman–Crippen MR) is 94.5 cm³/mol. The second-order valence-electron chi connectivity index (χ2n) is 6.26. The first-order valence-corrected chi connectivity index (χ1v) is 8.21. The van der Waals surface area contributed by atoms with Gasteiger partial charge in [-0.2, -0.15) is 0 Å². The number of aliphatic carboxylic acids is 1. The summed E-state index contributed by atoms with van der Waals surface area (Å²) < 4.78 is 4.84. The Morgan fingerprint density at radius 3 is 2.19 bits per heavy atom. The Morgan fingerprint density at radius 1 is 1.04 bits per heavy atom. The molecule has 3 rings (SSSR count). The molecule has 0 radical (unpaired) electrons. The van der Waals surface area contributed by atoms with Crippen LogP contribution in [0.2, 0.25) is 0 Å². The summed E-state index contributed by atoms with van der Waals surface area (Å²) in [6.07, 6.45) is 0. The van der Waals surface area contributed by atoms with Crippen LogP contribution in [0, 0.1) is 18.8 Å². The lowest BCUT2D eigenvalue weighted by Gasteiger charge is -2.27. The first kappa shape index (κ1) is 17.7. The van der Waals surface area contributed by atoms with E-state index in [0.29, 0.717) is 11.3 Å². The van der Waals surface area contributed by atoms with Crippen LogP contribution in [0.1, 0.15) is 17.2 Å². The third-order valence-corrected chi connectivity index (χ3v) is 4.67. The van der Waals surface area contributed by atoms with Gasteiger partial charge in [-0.25, -0.2) is 0 Å². The van der Waals surface area contributed by atoms with Crippen molar-refractivity contribution in [2.45, 2.75) is 13.0 Å². The van der Waals surface area contributed by atoms with Crippen molar-refractivity contribution in [3.05, 3.63) is 65.7 Å². The molecule has 26 heavy (non-hydrogen) atoms. The van der Waals surface area contributed by atoms with Gasteiger partial charge in [0.25, 0.3) is 0 Å². The highest BCUT2D eigenvalue weighted by Crippen LogP contribution is 2.45. The van der Waals surface area contributed by atoms with Crippen molar-refractivity contribution in [1.82, 2.24) is 0 Å². The average molecular weight is 353 g/mol. The van der Waals surface area contributed by atoms with Gasteiger partial charge in [0.05, 0.1) is 13.2 Å². The molecule has 134 valence electrons. The van der Waals surface area contributed by atoms with Crippen LogP contribution in [0.3, 0.4) is 0 Å². The van der Waals surface area contributed by atoms with Crippen molar-refractivity contribution in [1.29, 1.82) is 0 Å². The van der Waals surface area contributed by atoms with Crippen molar-refractivity contribution in [2.75, 3.05) is 12.0 Å². The summed E-state index contributed by atoms with van der Waals surface area (Å²) in [5, 5.41) is 9.62. The average Bonchev–Trinajstić information content (AvgIpc) is 2.95. The quantitative estimate of drug-likeness (QED) is 0.675. The van der Waals surface area contributed by atoms with E-state index in [9.17, 15) is 19.5 Å². The number of anilines is 1. The monoisotopic (exact) mass is 353 g/mol. The molecule has 6 nitrogen and oxygen atoms in total. The van der Waals surface area contributed by atoms with Crippen LogP contribution >= 0.6 is 0 Å². The number of hydrogen-bond acceptors (Lipinski definition) is 4. The van der Waals surface area contributed by atoms with E-state index in [4.69, 9.17) is 4.74 Å². The van der Waals surface area contributed by atoms with Crippen LogP contribution in [-0.4, -0.2) is 30.1 Å². The number of methoxy groups -OCH3 is 1. The smallest absolute Gasteiger partial charge is 0.317 e. The highest BCUT2D eigenvalue weighted by Gasteiger charge is 2.56. The fourth-order valence-electron chi connectivity index (χ4n) is 3.44. The third kappa shape index (κ3) is 2.94. The molecule has 1 fully saturated rings. The van der Waals surface area contributed by atoms with E-state index in [1.54, 1.807) is 30.3 Å². The largest absolute Gasteiger partial charge is 0.481 e. The lowest BCUT2D eigenvalue weighted by atomic mass is 9.86. The second-order valence-corrected chi connectivity index (χ2v) is 6.26. The fourth-order valence-corrected chi connectivity index (χ4v) is 3.44. The summed E-state index contributed by atoms with van der Waals surface area (Å²) in [6, 6.07) is 15.4. The highest BCUT2D eigenvalue weighted by molar-refractivity contribution is 6.12. The maximum absolute atomic E-state index is 13.0. The van der Waals surface area contributed by atoms with Crippen molar-refractivity contribution in [3.8, 4) is 0 Å². The van der Waals surface area contributed by atoms with Gasteiger partial charge in [0, 0.05) is 5.69 Å². The molecule has 6 heteroatoms. The van der Waals surface area contributed by atoms with Crippen LogP contribution in [-0.2, 0) is 19.1 Å². The number of amides is 1. The van der Waals surface area contributed by atoms with Gasteiger partial charge in [0.1, 0.15) is 5.92 Å². The minimum atomic E-state index is -1.49. The van der Waals surface area contributed by atoms with Gasteiger partial charge in [-0.3, -0.25) is 14.4 Å². The van der Waals surface area contributed by atoms with E-state index in [-0.39, 0.29) is 0 Å². The number of carboxylic acids is 1. The van der Waals surface area contributed by atoms with Crippen molar-refractivity contribution >= 4 is 23.5 Å². The van der Waals surface area contributed by atoms with Gasteiger partial charge < -0.3 is 14.7 Å². The molecule has 0 spiro atoms. The summed E-state index contributed by atoms with van der Waals surface area (Å²) in [6.45, 7) is 1.93. The Hall–Kier alpha value is -3.15. The first-order valence-electron chi connectivity index (χ1n) is 8.21. The number of para-hydroxylation sites is 1. The molecule has 1 amide bonds. The van der Waals surface area contributed by atoms with Crippen LogP contribution < -0.4 is 4.90 Å². The van der Waals surface area contributed by atoms with E-state index < -0.39 is 35.7 Å². The molecule has 0 saturated carbocycles. The maximum atomic E-state index is 13.0. The normalized spacial score (nSPS) is 22.3. The zero-order valence-electron chi connectivity index (χ0n) is 14.5. The van der Waals surface area contributed by atoms with Crippen LogP contribution in [0.15, 0.2) is 54.6 Å². The van der Waals surface area contributed by atoms with Crippen molar-refractivity contribution in [3.63, 3.8) is 0 Å². The molecule has 0 bridgehead atoms. The molecule has 3 atom stereocenters. The zero-order chi connectivity index (χ0) is 18.8. The Kier molecular flexibility index (Phi) is 4.75. The van der Waals surface area contributed by atoms with Crippen LogP contribution in [0.25, 0.3) is 0 Å². The number of esters is 1. The Labute approximate surface area is 151 Å². The van der Waals surface area contributed by atoms with E-state index in [1.807, 2.05) is 31.2 Å². The number of carboxylic acid groups (broad SMARTS) is 1. The number of hydrogen-bond donors (Lipinski definition) is 1. The minimum absolute atomic E-state index is 0.542. The van der Waals surface area contributed by atoms with Gasteiger partial charge in [-0.15, -0.1) is 0 Å². The third-order valence-electron chi connectivity index (χ3n) is 4.67. The number of aryl methyl sites for hydroxylation is 1. The van der Waals surface area contributed by atoms with Gasteiger partial charge in [0.15, 0.2) is 5.92 Å². The molecule has 1 aliphatic heterocycles. The fraction of sp³-hybridized carbons (Fsp3) is 0.250. The summed E-state index contributed by atoms with van der Waals surface area (Å²) in [5.41, 5.74) is 2.25. The van der Waals surface area contributed by atoms with E-state index >= 15 is 0 Å². The molecule has 1 N–H and O–H groups in total. The molecule has 1 saturated heterocycles. The first-order chi connectivity index (χ1) is 12.5. The van der Waals surface area contributed by atoms with Gasteiger partial charge in [-0.1, -0.05) is 48.0 Å². The Balaban J connectivity index is 2.19. The molecule has 0 aromatic heterocycles. The lowest BCUT2D eigenvalue weighted by Crippen LogP contribution is -2.32. The van der Waals surface area contributed by atoms with Crippen LogP contribution in [0.4, 0.5) is 5.69 Å². The van der Waals surface area contributed by atoms with Gasteiger partial charge in [0.2, 0.25) is 5.91 Å². The summed E-state index contributed by atoms with van der Waals surface area (Å²) in [4.78, 5) is 38.6. The summed E-state index contributed by atoms with van der Waals surface area (Å²) in [7, 11) is 1.20. The number of carbonyl (C=O) groups excluding carboxylic acids is 2. The number of nitrogens with zero attached hydrogens (tertiary/aromatic N) is 1. The van der Waals surface area contributed by atoms with E-state index in [1.165, 1.54) is 12.0 Å². The molecule has 0 aliphatic carbocycles. The summed E-state index contributed by atoms with van der Waals surface area (Å²) in [5.74, 6) is -5.29. The van der Waals surface area contributed by atoms with E-state index in [0.717, 1.165) is 5.56 Å². The molecule has 1 heterocycles. The minimum Gasteiger partial charge on any atom is -0.481 e. The number of carbonyl (C=O) groups is 3. The molecule has 1 aliphatic rings. The molecular weight excluding hydrogens is 334 g/mol. The van der Waals surface area contributed by atoms with Gasteiger partial charge in [-0.05, 0) is 24.6 Å². The highest BCUT2D eigenvalue weighted by atomic mass is 16.5. The Bertz CT molecular complexity index is 831. The number of benzene rings is 2. The molecule has 2 aromatic rings.